The van der Waals surface area contributed by atoms with E-state index in [9.17, 15) is 0 Å². The molecule has 0 aliphatic heterocycles. The van der Waals surface area contributed by atoms with E-state index in [1.807, 2.05) is 26.2 Å². The van der Waals surface area contributed by atoms with Gasteiger partial charge in [-0.2, -0.15) is 5.26 Å². The van der Waals surface area contributed by atoms with Crippen molar-refractivity contribution in [2.75, 3.05) is 6.54 Å². The highest BCUT2D eigenvalue weighted by Crippen LogP contribution is 1.98. The minimum Gasteiger partial charge on any atom is -0.353 e. The van der Waals surface area contributed by atoms with Crippen LogP contribution in [0, 0.1) is 17.2 Å². The normalized spacial score (nSPS) is 12.4. The monoisotopic (exact) mass is 177 g/mol. The summed E-state index contributed by atoms with van der Waals surface area (Å²) in [7, 11) is 2.02. The molecule has 1 rings (SSSR count). The van der Waals surface area contributed by atoms with Gasteiger partial charge in [-0.15, -0.1) is 0 Å². The average Bonchev–Trinajstić information content (AvgIpc) is 2.52. The van der Waals surface area contributed by atoms with E-state index in [1.54, 1.807) is 0 Å². The van der Waals surface area contributed by atoms with Crippen molar-refractivity contribution in [2.24, 2.45) is 13.0 Å². The third-order valence-corrected chi connectivity index (χ3v) is 2.03. The number of rotatable bonds is 4. The lowest BCUT2D eigenvalue weighted by atomic mass is 10.2. The van der Waals surface area contributed by atoms with E-state index < -0.39 is 0 Å². The predicted octanol–water partition coefficient (Wildman–Crippen LogP) is 1.27. The molecule has 3 heteroatoms. The molecule has 1 aromatic rings. The Labute approximate surface area is 79.0 Å². The standard InChI is InChI=1S/C10H15N3/c1-9(6-11)7-12-8-10-4-3-5-13(10)2/h3-5,9,12H,7-8H2,1-2H3. The van der Waals surface area contributed by atoms with Crippen molar-refractivity contribution in [3.8, 4) is 6.07 Å². The van der Waals surface area contributed by atoms with Crippen LogP contribution in [0.15, 0.2) is 18.3 Å². The van der Waals surface area contributed by atoms with E-state index in [0.717, 1.165) is 13.1 Å². The number of nitriles is 1. The van der Waals surface area contributed by atoms with Crippen LogP contribution in [-0.2, 0) is 13.6 Å². The maximum atomic E-state index is 8.55. The first kappa shape index (κ1) is 9.82. The Hall–Kier alpha value is -1.27. The summed E-state index contributed by atoms with van der Waals surface area (Å²) < 4.78 is 2.07. The Morgan fingerprint density at radius 2 is 2.46 bits per heavy atom. The minimum absolute atomic E-state index is 0.0836. The van der Waals surface area contributed by atoms with Crippen LogP contribution in [0.5, 0.6) is 0 Å². The van der Waals surface area contributed by atoms with Crippen molar-refractivity contribution < 1.29 is 0 Å². The Balaban J connectivity index is 2.29. The first-order valence-corrected chi connectivity index (χ1v) is 4.44. The molecule has 0 fully saturated rings. The highest BCUT2D eigenvalue weighted by molar-refractivity contribution is 5.05. The van der Waals surface area contributed by atoms with Gasteiger partial charge in [-0.25, -0.2) is 0 Å². The van der Waals surface area contributed by atoms with Crippen LogP contribution in [0.25, 0.3) is 0 Å². The molecule has 1 heterocycles. The molecule has 13 heavy (non-hydrogen) atoms. The van der Waals surface area contributed by atoms with Crippen LogP contribution in [0.4, 0.5) is 0 Å². The van der Waals surface area contributed by atoms with Gasteiger partial charge in [0.05, 0.1) is 12.0 Å². The molecule has 0 saturated heterocycles. The molecule has 1 aromatic heterocycles. The van der Waals surface area contributed by atoms with E-state index in [0.29, 0.717) is 0 Å². The topological polar surface area (TPSA) is 40.8 Å². The van der Waals surface area contributed by atoms with Crippen molar-refractivity contribution in [1.82, 2.24) is 9.88 Å². The van der Waals surface area contributed by atoms with Crippen molar-refractivity contribution in [3.63, 3.8) is 0 Å². The van der Waals surface area contributed by atoms with Gasteiger partial charge in [-0.05, 0) is 19.1 Å². The second-order valence-corrected chi connectivity index (χ2v) is 3.27. The highest BCUT2D eigenvalue weighted by Gasteiger charge is 1.99. The van der Waals surface area contributed by atoms with E-state index in [1.165, 1.54) is 5.69 Å². The number of aryl methyl sites for hydroxylation is 1. The summed E-state index contributed by atoms with van der Waals surface area (Å²) in [5, 5.41) is 11.8. The summed E-state index contributed by atoms with van der Waals surface area (Å²) in [5.74, 6) is 0.0836. The number of nitrogens with zero attached hydrogens (tertiary/aromatic N) is 2. The molecule has 0 saturated carbocycles. The Morgan fingerprint density at radius 3 is 3.00 bits per heavy atom. The van der Waals surface area contributed by atoms with Crippen LogP contribution in [0.1, 0.15) is 12.6 Å². The van der Waals surface area contributed by atoms with Crippen molar-refractivity contribution in [1.29, 1.82) is 5.26 Å². The van der Waals surface area contributed by atoms with Gasteiger partial charge in [-0.1, -0.05) is 0 Å². The number of nitrogens with one attached hydrogen (secondary N) is 1. The van der Waals surface area contributed by atoms with Crippen molar-refractivity contribution in [2.45, 2.75) is 13.5 Å². The van der Waals surface area contributed by atoms with Crippen LogP contribution < -0.4 is 5.32 Å². The van der Waals surface area contributed by atoms with Crippen molar-refractivity contribution >= 4 is 0 Å². The van der Waals surface area contributed by atoms with Gasteiger partial charge >= 0.3 is 0 Å². The second kappa shape index (κ2) is 4.68. The Morgan fingerprint density at radius 1 is 1.69 bits per heavy atom. The maximum Gasteiger partial charge on any atom is 0.0666 e. The van der Waals surface area contributed by atoms with Crippen LogP contribution in [-0.4, -0.2) is 11.1 Å². The molecule has 1 unspecified atom stereocenters. The SMILES string of the molecule is CC(C#N)CNCc1cccn1C. The Bertz CT molecular complexity index is 295. The smallest absolute Gasteiger partial charge is 0.0666 e. The zero-order valence-corrected chi connectivity index (χ0v) is 8.12. The fourth-order valence-corrected chi connectivity index (χ4v) is 1.14. The summed E-state index contributed by atoms with van der Waals surface area (Å²) in [6.07, 6.45) is 2.02. The molecule has 0 radical (unpaired) electrons. The van der Waals surface area contributed by atoms with Gasteiger partial charge in [-0.3, -0.25) is 0 Å². The summed E-state index contributed by atoms with van der Waals surface area (Å²) in [4.78, 5) is 0. The fraction of sp³-hybridized carbons (Fsp3) is 0.500. The first-order valence-electron chi connectivity index (χ1n) is 4.44. The predicted molar refractivity (Wildman–Crippen MR) is 51.9 cm³/mol. The van der Waals surface area contributed by atoms with Crippen LogP contribution >= 0.6 is 0 Å². The molecule has 0 amide bonds. The number of aromatic nitrogens is 1. The highest BCUT2D eigenvalue weighted by atomic mass is 15.0. The quantitative estimate of drug-likeness (QED) is 0.752. The molecule has 0 aliphatic rings. The molecule has 0 aromatic carbocycles. The van der Waals surface area contributed by atoms with E-state index in [2.05, 4.69) is 22.0 Å². The fourth-order valence-electron chi connectivity index (χ4n) is 1.14. The summed E-state index contributed by atoms with van der Waals surface area (Å²) in [6, 6.07) is 6.28. The lowest BCUT2D eigenvalue weighted by Gasteiger charge is -2.06. The zero-order chi connectivity index (χ0) is 9.68. The molecule has 1 atom stereocenters. The van der Waals surface area contributed by atoms with Crippen LogP contribution in [0.3, 0.4) is 0 Å². The molecular weight excluding hydrogens is 162 g/mol. The van der Waals surface area contributed by atoms with Gasteiger partial charge < -0.3 is 9.88 Å². The molecule has 0 bridgehead atoms. The van der Waals surface area contributed by atoms with Gasteiger partial charge in [0.1, 0.15) is 0 Å². The maximum absolute atomic E-state index is 8.55. The third kappa shape index (κ3) is 2.92. The summed E-state index contributed by atoms with van der Waals surface area (Å²) >= 11 is 0. The van der Waals surface area contributed by atoms with Gasteiger partial charge in [0, 0.05) is 32.0 Å². The minimum atomic E-state index is 0.0836. The first-order chi connectivity index (χ1) is 6.24. The zero-order valence-electron chi connectivity index (χ0n) is 8.12. The number of hydrogen-bond donors (Lipinski definition) is 1. The lowest BCUT2D eigenvalue weighted by Crippen LogP contribution is -2.20. The van der Waals surface area contributed by atoms with Gasteiger partial charge in [0.2, 0.25) is 0 Å². The Kier molecular flexibility index (Phi) is 3.53. The second-order valence-electron chi connectivity index (χ2n) is 3.27. The molecule has 0 spiro atoms. The van der Waals surface area contributed by atoms with Gasteiger partial charge in [0.25, 0.3) is 0 Å². The molecular formula is C10H15N3. The molecule has 0 aliphatic carbocycles. The molecule has 1 N–H and O–H groups in total. The average molecular weight is 177 g/mol. The van der Waals surface area contributed by atoms with E-state index in [-0.39, 0.29) is 5.92 Å². The third-order valence-electron chi connectivity index (χ3n) is 2.03. The molecule has 3 nitrogen and oxygen atoms in total. The molecule has 70 valence electrons. The summed E-state index contributed by atoms with van der Waals surface area (Å²) in [5.41, 5.74) is 1.24. The van der Waals surface area contributed by atoms with E-state index >= 15 is 0 Å². The van der Waals surface area contributed by atoms with Gasteiger partial charge in [0.15, 0.2) is 0 Å². The van der Waals surface area contributed by atoms with Crippen LogP contribution in [0.2, 0.25) is 0 Å². The number of hydrogen-bond acceptors (Lipinski definition) is 2. The summed E-state index contributed by atoms with van der Waals surface area (Å²) in [6.45, 7) is 3.50. The lowest BCUT2D eigenvalue weighted by molar-refractivity contribution is 0.585. The largest absolute Gasteiger partial charge is 0.353 e. The van der Waals surface area contributed by atoms with E-state index in [4.69, 9.17) is 5.26 Å². The van der Waals surface area contributed by atoms with Crippen molar-refractivity contribution in [3.05, 3.63) is 24.0 Å².